The lowest BCUT2D eigenvalue weighted by Crippen LogP contribution is -2.69. The number of para-hydroxylation sites is 1. The molecule has 31 heavy (non-hydrogen) atoms. The van der Waals surface area contributed by atoms with Crippen LogP contribution in [0.15, 0.2) is 60.8 Å². The fourth-order valence-corrected chi connectivity index (χ4v) is 3.53. The summed E-state index contributed by atoms with van der Waals surface area (Å²) in [6.45, 7) is -0.286. The molecule has 1 atom stereocenters. The van der Waals surface area contributed by atoms with Crippen molar-refractivity contribution in [1.29, 1.82) is 0 Å². The van der Waals surface area contributed by atoms with Gasteiger partial charge >= 0.3 is 12.2 Å². The number of aromatic amines is 1. The number of aromatic nitrogens is 1. The van der Waals surface area contributed by atoms with E-state index < -0.39 is 29.7 Å². The number of imide groups is 1. The van der Waals surface area contributed by atoms with Crippen molar-refractivity contribution < 1.29 is 27.6 Å². The van der Waals surface area contributed by atoms with Crippen LogP contribution in [-0.4, -0.2) is 46.1 Å². The second-order valence-electron chi connectivity index (χ2n) is 7.06. The number of carbonyl (C=O) groups excluding carboxylic acids is 3. The fraction of sp³-hybridized carbons (Fsp3) is 0.190. The minimum atomic E-state index is -5.25. The van der Waals surface area contributed by atoms with Crippen LogP contribution >= 0.6 is 0 Å². The molecule has 3 N–H and O–H groups in total. The SMILES string of the molecule is O=C(N[C@]1(C(F)(F)F)NC(=O)N(CCc2c[nH]c3ccccc23)C1=O)c1ccccc1. The van der Waals surface area contributed by atoms with Crippen LogP contribution in [0.2, 0.25) is 0 Å². The molecule has 0 saturated carbocycles. The van der Waals surface area contributed by atoms with Gasteiger partial charge in [0.1, 0.15) is 0 Å². The van der Waals surface area contributed by atoms with Crippen LogP contribution in [0.4, 0.5) is 18.0 Å². The molecule has 0 bridgehead atoms. The van der Waals surface area contributed by atoms with E-state index in [4.69, 9.17) is 0 Å². The molecule has 4 amide bonds. The van der Waals surface area contributed by atoms with Gasteiger partial charge in [-0.15, -0.1) is 0 Å². The number of amides is 4. The second-order valence-corrected chi connectivity index (χ2v) is 7.06. The number of hydrogen-bond donors (Lipinski definition) is 3. The van der Waals surface area contributed by atoms with Gasteiger partial charge in [-0.05, 0) is 30.2 Å². The summed E-state index contributed by atoms with van der Waals surface area (Å²) < 4.78 is 41.8. The van der Waals surface area contributed by atoms with E-state index in [0.717, 1.165) is 16.5 Å². The molecule has 1 aromatic heterocycles. The summed E-state index contributed by atoms with van der Waals surface area (Å²) >= 11 is 0. The molecule has 0 aliphatic carbocycles. The predicted octanol–water partition coefficient (Wildman–Crippen LogP) is 2.95. The number of carbonyl (C=O) groups is 3. The largest absolute Gasteiger partial charge is 0.440 e. The van der Waals surface area contributed by atoms with Crippen LogP contribution in [0, 0.1) is 0 Å². The number of rotatable bonds is 5. The number of fused-ring (bicyclic) bond motifs is 1. The van der Waals surface area contributed by atoms with E-state index in [9.17, 15) is 27.6 Å². The molecule has 1 saturated heterocycles. The first-order valence-corrected chi connectivity index (χ1v) is 9.36. The van der Waals surface area contributed by atoms with E-state index >= 15 is 0 Å². The average Bonchev–Trinajstić information content (AvgIpc) is 3.26. The molecule has 1 aliphatic rings. The molecule has 1 aliphatic heterocycles. The zero-order valence-electron chi connectivity index (χ0n) is 16.0. The molecule has 0 unspecified atom stereocenters. The first-order valence-electron chi connectivity index (χ1n) is 9.36. The molecule has 1 fully saturated rings. The van der Waals surface area contributed by atoms with E-state index in [1.54, 1.807) is 29.0 Å². The second kappa shape index (κ2) is 7.46. The molecule has 4 rings (SSSR count). The van der Waals surface area contributed by atoms with Crippen molar-refractivity contribution in [3.8, 4) is 0 Å². The molecule has 160 valence electrons. The molecule has 0 spiro atoms. The standard InChI is InChI=1S/C21H17F3N4O3/c22-21(23,24)20(26-17(29)13-6-2-1-3-7-13)18(30)28(19(31)27-20)11-10-14-12-25-16-9-5-4-8-15(14)16/h1-9,12,25H,10-11H2,(H,26,29)(H,27,31)/t20-/m0/s1. The van der Waals surface area contributed by atoms with Crippen molar-refractivity contribution in [3.63, 3.8) is 0 Å². The van der Waals surface area contributed by atoms with Gasteiger partial charge in [-0.25, -0.2) is 4.79 Å². The van der Waals surface area contributed by atoms with Crippen molar-refractivity contribution >= 4 is 28.7 Å². The van der Waals surface area contributed by atoms with Crippen LogP contribution in [-0.2, 0) is 11.2 Å². The van der Waals surface area contributed by atoms with Crippen LogP contribution < -0.4 is 10.6 Å². The lowest BCUT2D eigenvalue weighted by atomic mass is 10.1. The zero-order chi connectivity index (χ0) is 22.2. The smallest absolute Gasteiger partial charge is 0.361 e. The van der Waals surface area contributed by atoms with Gasteiger partial charge < -0.3 is 10.3 Å². The fourth-order valence-electron chi connectivity index (χ4n) is 3.53. The molecule has 3 aromatic rings. The van der Waals surface area contributed by atoms with Gasteiger partial charge in [-0.3, -0.25) is 19.8 Å². The maximum absolute atomic E-state index is 13.9. The Morgan fingerprint density at radius 3 is 2.42 bits per heavy atom. The quantitative estimate of drug-likeness (QED) is 0.544. The molecule has 2 aromatic carbocycles. The van der Waals surface area contributed by atoms with Crippen molar-refractivity contribution in [2.24, 2.45) is 0 Å². The summed E-state index contributed by atoms with van der Waals surface area (Å²) in [7, 11) is 0. The van der Waals surface area contributed by atoms with Crippen LogP contribution in [0.25, 0.3) is 10.9 Å². The Labute approximate surface area is 174 Å². The van der Waals surface area contributed by atoms with E-state index in [1.807, 2.05) is 18.2 Å². The highest BCUT2D eigenvalue weighted by molar-refractivity contribution is 6.10. The van der Waals surface area contributed by atoms with Gasteiger partial charge in [0.15, 0.2) is 0 Å². The first-order chi connectivity index (χ1) is 14.7. The summed E-state index contributed by atoms with van der Waals surface area (Å²) in [4.78, 5) is 41.0. The molecular weight excluding hydrogens is 413 g/mol. The van der Waals surface area contributed by atoms with Crippen LogP contribution in [0.3, 0.4) is 0 Å². The molecule has 7 nitrogen and oxygen atoms in total. The summed E-state index contributed by atoms with van der Waals surface area (Å²) in [5.74, 6) is -2.71. The Morgan fingerprint density at radius 1 is 1.03 bits per heavy atom. The maximum atomic E-state index is 13.9. The Morgan fingerprint density at radius 2 is 1.71 bits per heavy atom. The third kappa shape index (κ3) is 3.49. The maximum Gasteiger partial charge on any atom is 0.440 e. The first kappa shape index (κ1) is 20.5. The van der Waals surface area contributed by atoms with Crippen molar-refractivity contribution in [2.75, 3.05) is 6.54 Å². The minimum absolute atomic E-state index is 0.0783. The van der Waals surface area contributed by atoms with E-state index in [1.165, 1.54) is 24.3 Å². The molecule has 2 heterocycles. The lowest BCUT2D eigenvalue weighted by molar-refractivity contribution is -0.200. The highest BCUT2D eigenvalue weighted by Gasteiger charge is 2.68. The molecular formula is C21H17F3N4O3. The van der Waals surface area contributed by atoms with E-state index in [2.05, 4.69) is 4.98 Å². The third-order valence-corrected chi connectivity index (χ3v) is 5.15. The van der Waals surface area contributed by atoms with Crippen molar-refractivity contribution in [1.82, 2.24) is 20.5 Å². The van der Waals surface area contributed by atoms with E-state index in [-0.39, 0.29) is 18.5 Å². The monoisotopic (exact) mass is 430 g/mol. The van der Waals surface area contributed by atoms with E-state index in [0.29, 0.717) is 4.90 Å². The number of benzene rings is 2. The number of halogens is 3. The minimum Gasteiger partial charge on any atom is -0.361 e. The number of H-pyrrole nitrogens is 1. The number of hydrogen-bond acceptors (Lipinski definition) is 3. The van der Waals surface area contributed by atoms with Crippen LogP contribution in [0.1, 0.15) is 15.9 Å². The predicted molar refractivity (Wildman–Crippen MR) is 105 cm³/mol. The topological polar surface area (TPSA) is 94.3 Å². The third-order valence-electron chi connectivity index (χ3n) is 5.15. The van der Waals surface area contributed by atoms with Gasteiger partial charge in [-0.1, -0.05) is 36.4 Å². The summed E-state index contributed by atoms with van der Waals surface area (Å²) in [5.41, 5.74) is -2.04. The van der Waals surface area contributed by atoms with Gasteiger partial charge in [0, 0.05) is 29.2 Å². The molecule has 10 heteroatoms. The van der Waals surface area contributed by atoms with Gasteiger partial charge in [-0.2, -0.15) is 13.2 Å². The van der Waals surface area contributed by atoms with Gasteiger partial charge in [0.2, 0.25) is 0 Å². The number of alkyl halides is 3. The van der Waals surface area contributed by atoms with Gasteiger partial charge in [0.05, 0.1) is 0 Å². The summed E-state index contributed by atoms with van der Waals surface area (Å²) in [5, 5.41) is 4.18. The highest BCUT2D eigenvalue weighted by Crippen LogP contribution is 2.34. The van der Waals surface area contributed by atoms with Gasteiger partial charge in [0.25, 0.3) is 17.5 Å². The number of nitrogens with zero attached hydrogens (tertiary/aromatic N) is 1. The summed E-state index contributed by atoms with van der Waals surface area (Å²) in [6, 6.07) is 13.2. The Hall–Kier alpha value is -3.82. The van der Waals surface area contributed by atoms with Crippen molar-refractivity contribution in [3.05, 3.63) is 71.9 Å². The van der Waals surface area contributed by atoms with Crippen molar-refractivity contribution in [2.45, 2.75) is 18.3 Å². The Bertz CT molecular complexity index is 1160. The Balaban J connectivity index is 1.58. The normalized spacial score (nSPS) is 19.0. The summed E-state index contributed by atoms with van der Waals surface area (Å²) in [6.07, 6.45) is -3.43. The lowest BCUT2D eigenvalue weighted by Gasteiger charge is -2.29. The zero-order valence-corrected chi connectivity index (χ0v) is 16.0. The highest BCUT2D eigenvalue weighted by atomic mass is 19.4. The number of nitrogens with one attached hydrogen (secondary N) is 3. The molecule has 0 radical (unpaired) electrons. The van der Waals surface area contributed by atoms with Crippen LogP contribution in [0.5, 0.6) is 0 Å². The average molecular weight is 430 g/mol. The Kier molecular flexibility index (Phi) is 4.92. The number of urea groups is 1.